The van der Waals surface area contributed by atoms with Crippen LogP contribution < -0.4 is 0 Å². The standard InChI is InChI=1S/C14H10O5/c15-11-5-1-3-9(7-11)13(17)19-14(18)10-4-2-6-12(16)8-10/h1-8,15-16H. The van der Waals surface area contributed by atoms with Crippen molar-refractivity contribution in [3.8, 4) is 11.5 Å². The van der Waals surface area contributed by atoms with Crippen LogP contribution in [0, 0.1) is 0 Å². The molecule has 2 N–H and O–H groups in total. The van der Waals surface area contributed by atoms with Gasteiger partial charge in [0.05, 0.1) is 11.1 Å². The monoisotopic (exact) mass is 258 g/mol. The summed E-state index contributed by atoms with van der Waals surface area (Å²) in [7, 11) is 0. The van der Waals surface area contributed by atoms with Gasteiger partial charge in [0.15, 0.2) is 0 Å². The molecule has 0 spiro atoms. The van der Waals surface area contributed by atoms with Gasteiger partial charge in [-0.25, -0.2) is 9.59 Å². The van der Waals surface area contributed by atoms with E-state index in [4.69, 9.17) is 0 Å². The minimum Gasteiger partial charge on any atom is -0.508 e. The van der Waals surface area contributed by atoms with E-state index in [-0.39, 0.29) is 22.6 Å². The normalized spacial score (nSPS) is 9.89. The largest absolute Gasteiger partial charge is 0.508 e. The van der Waals surface area contributed by atoms with Crippen molar-refractivity contribution in [3.63, 3.8) is 0 Å². The summed E-state index contributed by atoms with van der Waals surface area (Å²) in [5.41, 5.74) is 0.127. The molecule has 0 aliphatic carbocycles. The van der Waals surface area contributed by atoms with Crippen LogP contribution in [0.2, 0.25) is 0 Å². The fourth-order valence-electron chi connectivity index (χ4n) is 1.47. The van der Waals surface area contributed by atoms with E-state index < -0.39 is 11.9 Å². The second kappa shape index (κ2) is 5.22. The van der Waals surface area contributed by atoms with Gasteiger partial charge in [0.1, 0.15) is 11.5 Å². The highest BCUT2D eigenvalue weighted by atomic mass is 16.6. The van der Waals surface area contributed by atoms with Gasteiger partial charge in [-0.05, 0) is 36.4 Å². The molecule has 2 aromatic carbocycles. The topological polar surface area (TPSA) is 83.8 Å². The molecule has 96 valence electrons. The van der Waals surface area contributed by atoms with E-state index >= 15 is 0 Å². The molecular formula is C14H10O5. The fourth-order valence-corrected chi connectivity index (χ4v) is 1.47. The van der Waals surface area contributed by atoms with Crippen LogP contribution in [0.4, 0.5) is 0 Å². The average Bonchev–Trinajstić information content (AvgIpc) is 2.38. The van der Waals surface area contributed by atoms with Crippen LogP contribution in [0.5, 0.6) is 11.5 Å². The lowest BCUT2D eigenvalue weighted by Gasteiger charge is -2.03. The van der Waals surface area contributed by atoms with E-state index in [0.29, 0.717) is 0 Å². The number of esters is 2. The Morgan fingerprint density at radius 3 is 1.58 bits per heavy atom. The molecule has 5 nitrogen and oxygen atoms in total. The number of carbonyl (C=O) groups is 2. The van der Waals surface area contributed by atoms with Gasteiger partial charge in [0, 0.05) is 0 Å². The van der Waals surface area contributed by atoms with Gasteiger partial charge in [-0.3, -0.25) is 0 Å². The maximum absolute atomic E-state index is 11.6. The summed E-state index contributed by atoms with van der Waals surface area (Å²) in [6, 6.07) is 10.9. The Labute approximate surface area is 108 Å². The van der Waals surface area contributed by atoms with Crippen LogP contribution in [0.25, 0.3) is 0 Å². The zero-order chi connectivity index (χ0) is 13.8. The molecule has 0 bridgehead atoms. The van der Waals surface area contributed by atoms with Crippen molar-refractivity contribution in [2.75, 3.05) is 0 Å². The van der Waals surface area contributed by atoms with Crippen LogP contribution in [0.3, 0.4) is 0 Å². The van der Waals surface area contributed by atoms with Gasteiger partial charge < -0.3 is 14.9 Å². The molecule has 0 atom stereocenters. The highest BCUT2D eigenvalue weighted by molar-refractivity contribution is 6.02. The van der Waals surface area contributed by atoms with E-state index in [2.05, 4.69) is 4.74 Å². The molecule has 0 aliphatic heterocycles. The SMILES string of the molecule is O=C(OC(=O)c1cccc(O)c1)c1cccc(O)c1. The van der Waals surface area contributed by atoms with Crippen LogP contribution in [-0.4, -0.2) is 22.2 Å². The number of ether oxygens (including phenoxy) is 1. The predicted octanol–water partition coefficient (Wildman–Crippen LogP) is 2.09. The summed E-state index contributed by atoms with van der Waals surface area (Å²) in [6.07, 6.45) is 0. The minimum atomic E-state index is -0.871. The first kappa shape index (κ1) is 12.6. The highest BCUT2D eigenvalue weighted by Crippen LogP contribution is 2.15. The van der Waals surface area contributed by atoms with E-state index in [1.54, 1.807) is 0 Å². The van der Waals surface area contributed by atoms with Crippen LogP contribution in [0.15, 0.2) is 48.5 Å². The summed E-state index contributed by atoms with van der Waals surface area (Å²) >= 11 is 0. The third kappa shape index (κ3) is 3.10. The van der Waals surface area contributed by atoms with Crippen LogP contribution in [0.1, 0.15) is 20.7 Å². The number of carbonyl (C=O) groups excluding carboxylic acids is 2. The van der Waals surface area contributed by atoms with Crippen molar-refractivity contribution in [1.29, 1.82) is 0 Å². The van der Waals surface area contributed by atoms with Crippen LogP contribution >= 0.6 is 0 Å². The van der Waals surface area contributed by atoms with Crippen LogP contribution in [-0.2, 0) is 4.74 Å². The van der Waals surface area contributed by atoms with Crippen molar-refractivity contribution in [1.82, 2.24) is 0 Å². The molecule has 2 rings (SSSR count). The van der Waals surface area contributed by atoms with Crippen molar-refractivity contribution in [3.05, 3.63) is 59.7 Å². The number of phenols is 2. The maximum atomic E-state index is 11.6. The van der Waals surface area contributed by atoms with E-state index in [1.165, 1.54) is 48.5 Å². The number of phenolic OH excluding ortho intramolecular Hbond substituents is 2. The molecule has 5 heteroatoms. The van der Waals surface area contributed by atoms with Gasteiger partial charge in [0.25, 0.3) is 0 Å². The Kier molecular flexibility index (Phi) is 3.47. The maximum Gasteiger partial charge on any atom is 0.346 e. The predicted molar refractivity (Wildman–Crippen MR) is 66.0 cm³/mol. The van der Waals surface area contributed by atoms with Gasteiger partial charge in [-0.1, -0.05) is 12.1 Å². The lowest BCUT2D eigenvalue weighted by Crippen LogP contribution is -2.12. The van der Waals surface area contributed by atoms with E-state index in [1.807, 2.05) is 0 Å². The molecular weight excluding hydrogens is 248 g/mol. The zero-order valence-electron chi connectivity index (χ0n) is 9.74. The first-order valence-electron chi connectivity index (χ1n) is 5.41. The van der Waals surface area contributed by atoms with Crippen molar-refractivity contribution >= 4 is 11.9 Å². The Balaban J connectivity index is 2.13. The number of aromatic hydroxyl groups is 2. The molecule has 0 heterocycles. The Bertz CT molecular complexity index is 578. The fraction of sp³-hybridized carbons (Fsp3) is 0. The van der Waals surface area contributed by atoms with Crippen molar-refractivity contribution in [2.24, 2.45) is 0 Å². The summed E-state index contributed by atoms with van der Waals surface area (Å²) in [4.78, 5) is 23.3. The summed E-state index contributed by atoms with van der Waals surface area (Å²) in [5, 5.41) is 18.4. The molecule has 0 amide bonds. The van der Waals surface area contributed by atoms with Gasteiger partial charge in [-0.2, -0.15) is 0 Å². The zero-order valence-corrected chi connectivity index (χ0v) is 9.74. The molecule has 0 aromatic heterocycles. The van der Waals surface area contributed by atoms with Crippen molar-refractivity contribution < 1.29 is 24.5 Å². The van der Waals surface area contributed by atoms with Gasteiger partial charge in [0.2, 0.25) is 0 Å². The molecule has 0 unspecified atom stereocenters. The highest BCUT2D eigenvalue weighted by Gasteiger charge is 2.15. The molecule has 19 heavy (non-hydrogen) atoms. The third-order valence-corrected chi connectivity index (χ3v) is 2.35. The molecule has 2 aromatic rings. The quantitative estimate of drug-likeness (QED) is 0.636. The first-order valence-corrected chi connectivity index (χ1v) is 5.41. The minimum absolute atomic E-state index is 0.0634. The van der Waals surface area contributed by atoms with E-state index in [0.717, 1.165) is 0 Å². The van der Waals surface area contributed by atoms with E-state index in [9.17, 15) is 19.8 Å². The second-order valence-electron chi connectivity index (χ2n) is 3.78. The number of rotatable bonds is 2. The summed E-state index contributed by atoms with van der Waals surface area (Å²) in [6.45, 7) is 0. The number of hydrogen-bond donors (Lipinski definition) is 2. The second-order valence-corrected chi connectivity index (χ2v) is 3.78. The Morgan fingerprint density at radius 2 is 1.21 bits per heavy atom. The molecule has 0 fully saturated rings. The Hall–Kier alpha value is -2.82. The molecule has 0 saturated heterocycles. The smallest absolute Gasteiger partial charge is 0.346 e. The average molecular weight is 258 g/mol. The summed E-state index contributed by atoms with van der Waals surface area (Å²) in [5.74, 6) is -1.94. The van der Waals surface area contributed by atoms with Gasteiger partial charge in [-0.15, -0.1) is 0 Å². The van der Waals surface area contributed by atoms with Crippen molar-refractivity contribution in [2.45, 2.75) is 0 Å². The number of benzene rings is 2. The first-order chi connectivity index (χ1) is 9.06. The molecule has 0 aliphatic rings. The van der Waals surface area contributed by atoms with Gasteiger partial charge >= 0.3 is 11.9 Å². The summed E-state index contributed by atoms with van der Waals surface area (Å²) < 4.78 is 4.63. The Morgan fingerprint density at radius 1 is 0.789 bits per heavy atom. The molecule has 0 saturated carbocycles. The lowest BCUT2D eigenvalue weighted by atomic mass is 10.2. The number of hydrogen-bond acceptors (Lipinski definition) is 5. The lowest BCUT2D eigenvalue weighted by molar-refractivity contribution is 0.0397. The third-order valence-electron chi connectivity index (χ3n) is 2.35. The molecule has 0 radical (unpaired) electrons.